The van der Waals surface area contributed by atoms with Crippen LogP contribution >= 0.6 is 23.2 Å². The van der Waals surface area contributed by atoms with Crippen LogP contribution in [0.15, 0.2) is 30.2 Å². The van der Waals surface area contributed by atoms with E-state index in [1.807, 2.05) is 0 Å². The van der Waals surface area contributed by atoms with Crippen LogP contribution in [0.1, 0.15) is 36.1 Å². The third-order valence-electron chi connectivity index (χ3n) is 4.04. The number of carbonyl (C=O) groups is 1. The van der Waals surface area contributed by atoms with Crippen LogP contribution in [0.25, 0.3) is 5.57 Å². The van der Waals surface area contributed by atoms with Crippen LogP contribution in [0.2, 0.25) is 10.0 Å². The number of allylic oxidation sites excluding steroid dienone is 1. The molecule has 3 rings (SSSR count). The van der Waals surface area contributed by atoms with Crippen LogP contribution in [0.3, 0.4) is 0 Å². The van der Waals surface area contributed by atoms with Crippen LogP contribution < -0.4 is 0 Å². The lowest BCUT2D eigenvalue weighted by Crippen LogP contribution is -2.12. The molecule has 0 atom stereocenters. The average Bonchev–Trinajstić information content (AvgIpc) is 2.92. The second kappa shape index (κ2) is 6.95. The van der Waals surface area contributed by atoms with Crippen molar-refractivity contribution in [3.05, 3.63) is 57.1 Å². The molecule has 0 saturated carbocycles. The summed E-state index contributed by atoms with van der Waals surface area (Å²) in [5.74, 6) is -1.79. The van der Waals surface area contributed by atoms with E-state index < -0.39 is 18.2 Å². The molecule has 1 aromatic carbocycles. The van der Waals surface area contributed by atoms with E-state index in [2.05, 4.69) is 5.10 Å². The molecule has 1 aromatic heterocycles. The van der Waals surface area contributed by atoms with Crippen LogP contribution in [-0.4, -0.2) is 20.9 Å². The number of rotatable bonds is 4. The topological polar surface area (TPSA) is 55.1 Å². The van der Waals surface area contributed by atoms with Crippen molar-refractivity contribution in [2.75, 3.05) is 0 Å². The lowest BCUT2D eigenvalue weighted by molar-refractivity contribution is -0.136. The van der Waals surface area contributed by atoms with Gasteiger partial charge >= 0.3 is 5.97 Å². The van der Waals surface area contributed by atoms with Crippen LogP contribution in [0.5, 0.6) is 0 Å². The number of aromatic nitrogens is 2. The van der Waals surface area contributed by atoms with Gasteiger partial charge in [0.15, 0.2) is 0 Å². The third kappa shape index (κ3) is 3.47. The molecule has 0 spiro atoms. The molecule has 1 heterocycles. The SMILES string of the molecule is O=C(O)C/C(F)=C1\CCCc2cnn(Cc3ccc(Cl)cc3Cl)c21. The van der Waals surface area contributed by atoms with Crippen molar-refractivity contribution >= 4 is 34.7 Å². The molecule has 1 N–H and O–H groups in total. The zero-order valence-electron chi connectivity index (χ0n) is 12.7. The number of carboxylic acids is 1. The maximum Gasteiger partial charge on any atom is 0.310 e. The lowest BCUT2D eigenvalue weighted by atomic mass is 9.91. The molecule has 2 aromatic rings. The van der Waals surface area contributed by atoms with E-state index >= 15 is 0 Å². The largest absolute Gasteiger partial charge is 0.481 e. The number of carboxylic acid groups (broad SMARTS) is 1. The number of aryl methyl sites for hydroxylation is 1. The molecule has 0 amide bonds. The van der Waals surface area contributed by atoms with E-state index in [0.29, 0.717) is 34.3 Å². The molecule has 1 aliphatic carbocycles. The highest BCUT2D eigenvalue weighted by Crippen LogP contribution is 2.35. The van der Waals surface area contributed by atoms with Crippen molar-refractivity contribution in [1.82, 2.24) is 9.78 Å². The van der Waals surface area contributed by atoms with E-state index in [1.165, 1.54) is 0 Å². The van der Waals surface area contributed by atoms with Crippen LogP contribution in [-0.2, 0) is 17.8 Å². The van der Waals surface area contributed by atoms with Gasteiger partial charge < -0.3 is 5.11 Å². The Balaban J connectivity index is 2.00. The van der Waals surface area contributed by atoms with Crippen molar-refractivity contribution in [2.24, 2.45) is 0 Å². The fraction of sp³-hybridized carbons (Fsp3) is 0.294. The molecule has 0 aliphatic heterocycles. The van der Waals surface area contributed by atoms with Crippen molar-refractivity contribution < 1.29 is 14.3 Å². The zero-order chi connectivity index (χ0) is 17.3. The number of hydrogen-bond acceptors (Lipinski definition) is 2. The van der Waals surface area contributed by atoms with Gasteiger partial charge in [0.05, 0.1) is 24.9 Å². The molecule has 0 fully saturated rings. The summed E-state index contributed by atoms with van der Waals surface area (Å²) in [5, 5.41) is 14.3. The van der Waals surface area contributed by atoms with Gasteiger partial charge in [-0.2, -0.15) is 5.10 Å². The Morgan fingerprint density at radius 2 is 2.12 bits per heavy atom. The van der Waals surface area contributed by atoms with E-state index in [9.17, 15) is 9.18 Å². The summed E-state index contributed by atoms with van der Waals surface area (Å²) >= 11 is 12.1. The molecule has 1 aliphatic rings. The Hall–Kier alpha value is -1.85. The summed E-state index contributed by atoms with van der Waals surface area (Å²) < 4.78 is 16.0. The minimum Gasteiger partial charge on any atom is -0.481 e. The first-order chi connectivity index (χ1) is 11.5. The molecule has 4 nitrogen and oxygen atoms in total. The second-order valence-corrected chi connectivity index (χ2v) is 6.56. The molecule has 0 unspecified atom stereocenters. The first kappa shape index (κ1) is 17.0. The first-order valence-corrected chi connectivity index (χ1v) is 8.29. The second-order valence-electron chi connectivity index (χ2n) is 5.72. The molecule has 0 saturated heterocycles. The van der Waals surface area contributed by atoms with Gasteiger partial charge in [0.2, 0.25) is 0 Å². The average molecular weight is 369 g/mol. The van der Waals surface area contributed by atoms with Crippen LogP contribution in [0.4, 0.5) is 4.39 Å². The number of nitrogens with zero attached hydrogens (tertiary/aromatic N) is 2. The van der Waals surface area contributed by atoms with Gasteiger partial charge in [-0.05, 0) is 42.5 Å². The summed E-state index contributed by atoms with van der Waals surface area (Å²) in [6, 6.07) is 5.19. The lowest BCUT2D eigenvalue weighted by Gasteiger charge is -2.19. The minimum atomic E-state index is -1.18. The molecule has 24 heavy (non-hydrogen) atoms. The highest BCUT2D eigenvalue weighted by Gasteiger charge is 2.24. The standard InChI is InChI=1S/C17H15Cl2FN2O2/c18-12-5-4-11(14(19)6-12)9-22-17-10(8-21-22)2-1-3-13(17)15(20)7-16(23)24/h4-6,8H,1-3,7,9H2,(H,23,24)/b15-13-. The van der Waals surface area contributed by atoms with Crippen molar-refractivity contribution in [1.29, 1.82) is 0 Å². The Kier molecular flexibility index (Phi) is 4.92. The summed E-state index contributed by atoms with van der Waals surface area (Å²) in [4.78, 5) is 10.8. The third-order valence-corrected chi connectivity index (χ3v) is 4.63. The van der Waals surface area contributed by atoms with Crippen molar-refractivity contribution in [3.63, 3.8) is 0 Å². The predicted octanol–water partition coefficient (Wildman–Crippen LogP) is 4.73. The summed E-state index contributed by atoms with van der Waals surface area (Å²) in [6.07, 6.45) is 3.19. The van der Waals surface area contributed by atoms with Gasteiger partial charge in [0, 0.05) is 15.6 Å². The van der Waals surface area contributed by atoms with Gasteiger partial charge in [-0.3, -0.25) is 9.48 Å². The molecular formula is C17H15Cl2FN2O2. The fourth-order valence-electron chi connectivity index (χ4n) is 2.97. The molecular weight excluding hydrogens is 354 g/mol. The number of fused-ring (bicyclic) bond motifs is 1. The highest BCUT2D eigenvalue weighted by molar-refractivity contribution is 6.35. The van der Waals surface area contributed by atoms with Gasteiger partial charge in [-0.15, -0.1) is 0 Å². The number of benzene rings is 1. The maximum absolute atomic E-state index is 14.4. The first-order valence-electron chi connectivity index (χ1n) is 7.54. The Morgan fingerprint density at radius 1 is 1.33 bits per heavy atom. The molecule has 7 heteroatoms. The highest BCUT2D eigenvalue weighted by atomic mass is 35.5. The van der Waals surface area contributed by atoms with Gasteiger partial charge in [-0.1, -0.05) is 29.3 Å². The molecule has 126 valence electrons. The monoisotopic (exact) mass is 368 g/mol. The molecule has 0 radical (unpaired) electrons. The Labute approximate surface area is 148 Å². The summed E-state index contributed by atoms with van der Waals surface area (Å²) in [6.45, 7) is 0.370. The van der Waals surface area contributed by atoms with Gasteiger partial charge in [-0.25, -0.2) is 4.39 Å². The van der Waals surface area contributed by atoms with E-state index in [-0.39, 0.29) is 0 Å². The fourth-order valence-corrected chi connectivity index (χ4v) is 3.43. The van der Waals surface area contributed by atoms with Crippen molar-refractivity contribution in [2.45, 2.75) is 32.2 Å². The summed E-state index contributed by atoms with van der Waals surface area (Å²) in [5.41, 5.74) is 2.85. The molecule has 0 bridgehead atoms. The normalized spacial score (nSPS) is 16.0. The summed E-state index contributed by atoms with van der Waals surface area (Å²) in [7, 11) is 0. The van der Waals surface area contributed by atoms with E-state index in [4.69, 9.17) is 28.3 Å². The predicted molar refractivity (Wildman–Crippen MR) is 91.0 cm³/mol. The van der Waals surface area contributed by atoms with E-state index in [0.717, 1.165) is 24.0 Å². The quantitative estimate of drug-likeness (QED) is 0.848. The van der Waals surface area contributed by atoms with Crippen LogP contribution in [0, 0.1) is 0 Å². The number of aliphatic carboxylic acids is 1. The Bertz CT molecular complexity index is 830. The zero-order valence-corrected chi connectivity index (χ0v) is 14.2. The van der Waals surface area contributed by atoms with Gasteiger partial charge in [0.25, 0.3) is 0 Å². The van der Waals surface area contributed by atoms with Gasteiger partial charge in [0.1, 0.15) is 5.83 Å². The number of halogens is 3. The minimum absolute atomic E-state index is 0.370. The smallest absolute Gasteiger partial charge is 0.310 e. The van der Waals surface area contributed by atoms with Crippen molar-refractivity contribution in [3.8, 4) is 0 Å². The Morgan fingerprint density at radius 3 is 2.83 bits per heavy atom. The maximum atomic E-state index is 14.4. The van der Waals surface area contributed by atoms with E-state index in [1.54, 1.807) is 29.1 Å². The number of hydrogen-bond donors (Lipinski definition) is 1.